The number of anilines is 1. The second-order valence-corrected chi connectivity index (χ2v) is 4.86. The Balaban J connectivity index is 2.43. The summed E-state index contributed by atoms with van der Waals surface area (Å²) in [5.74, 6) is 0.741. The van der Waals surface area contributed by atoms with Gasteiger partial charge in [-0.25, -0.2) is 4.68 Å². The summed E-state index contributed by atoms with van der Waals surface area (Å²) in [6, 6.07) is 5.92. The van der Waals surface area contributed by atoms with Crippen molar-refractivity contribution in [2.45, 2.75) is 32.7 Å². The zero-order valence-corrected chi connectivity index (χ0v) is 12.2. The second kappa shape index (κ2) is 6.47. The molecule has 1 aromatic carbocycles. The van der Waals surface area contributed by atoms with Gasteiger partial charge in [-0.1, -0.05) is 25.5 Å². The van der Waals surface area contributed by atoms with E-state index >= 15 is 0 Å². The van der Waals surface area contributed by atoms with E-state index in [2.05, 4.69) is 22.4 Å². The topological polar surface area (TPSA) is 78.8 Å². The van der Waals surface area contributed by atoms with Crippen molar-refractivity contribution in [3.05, 3.63) is 23.8 Å². The number of benzene rings is 1. The highest BCUT2D eigenvalue weighted by atomic mass is 16.5. The highest BCUT2D eigenvalue weighted by molar-refractivity contribution is 5.67. The van der Waals surface area contributed by atoms with E-state index in [-0.39, 0.29) is 6.04 Å². The molecule has 0 aliphatic heterocycles. The Kier molecular flexibility index (Phi) is 4.68. The van der Waals surface area contributed by atoms with Gasteiger partial charge >= 0.3 is 0 Å². The summed E-state index contributed by atoms with van der Waals surface area (Å²) in [5, 5.41) is 12.1. The summed E-state index contributed by atoms with van der Waals surface area (Å²) in [7, 11) is 1.69. The molecule has 108 valence electrons. The first-order valence-corrected chi connectivity index (χ1v) is 6.81. The lowest BCUT2D eigenvalue weighted by Crippen LogP contribution is -2.17. The van der Waals surface area contributed by atoms with Crippen molar-refractivity contribution in [1.82, 2.24) is 20.2 Å². The lowest BCUT2D eigenvalue weighted by molar-refractivity contribution is 0.144. The molecule has 2 aromatic rings. The van der Waals surface area contributed by atoms with E-state index in [0.29, 0.717) is 6.61 Å². The lowest BCUT2D eigenvalue weighted by Gasteiger charge is -2.17. The molecule has 0 spiro atoms. The molecule has 2 N–H and O–H groups in total. The van der Waals surface area contributed by atoms with Crippen molar-refractivity contribution in [2.75, 3.05) is 19.5 Å². The number of hydrogen-bond donors (Lipinski definition) is 1. The molecular formula is C14H21N5O. The molecular weight excluding hydrogens is 254 g/mol. The molecule has 1 unspecified atom stereocenters. The van der Waals surface area contributed by atoms with Gasteiger partial charge in [0.25, 0.3) is 0 Å². The number of nitrogens with two attached hydrogens (primary N) is 1. The molecule has 0 amide bonds. The van der Waals surface area contributed by atoms with Crippen LogP contribution in [0, 0.1) is 6.92 Å². The summed E-state index contributed by atoms with van der Waals surface area (Å²) in [4.78, 5) is 0. The van der Waals surface area contributed by atoms with E-state index in [1.165, 1.54) is 0 Å². The average molecular weight is 275 g/mol. The van der Waals surface area contributed by atoms with Gasteiger partial charge in [0.2, 0.25) is 0 Å². The normalized spacial score (nSPS) is 12.6. The van der Waals surface area contributed by atoms with E-state index in [0.717, 1.165) is 35.5 Å². The number of nitrogen functional groups attached to an aromatic ring is 1. The van der Waals surface area contributed by atoms with Gasteiger partial charge in [0.1, 0.15) is 0 Å². The summed E-state index contributed by atoms with van der Waals surface area (Å²) >= 11 is 0. The van der Waals surface area contributed by atoms with Crippen molar-refractivity contribution in [2.24, 2.45) is 0 Å². The van der Waals surface area contributed by atoms with Crippen LogP contribution in [0.2, 0.25) is 0 Å². The van der Waals surface area contributed by atoms with Crippen molar-refractivity contribution >= 4 is 5.69 Å². The van der Waals surface area contributed by atoms with Crippen molar-refractivity contribution < 1.29 is 4.74 Å². The highest BCUT2D eigenvalue weighted by Gasteiger charge is 2.19. The zero-order chi connectivity index (χ0) is 14.5. The molecule has 0 bridgehead atoms. The molecule has 0 fully saturated rings. The number of hydrogen-bond acceptors (Lipinski definition) is 5. The SMILES string of the molecule is CCCC(COC)n1nnnc1-c1cccc(N)c1C. The smallest absolute Gasteiger partial charge is 0.182 e. The predicted octanol–water partition coefficient (Wildman–Crippen LogP) is 2.22. The monoisotopic (exact) mass is 275 g/mol. The van der Waals surface area contributed by atoms with E-state index in [1.807, 2.05) is 29.8 Å². The number of aromatic nitrogens is 4. The van der Waals surface area contributed by atoms with Crippen LogP contribution in [0.5, 0.6) is 0 Å². The molecule has 0 aliphatic carbocycles. The van der Waals surface area contributed by atoms with Crippen LogP contribution in [-0.4, -0.2) is 33.9 Å². The van der Waals surface area contributed by atoms with Crippen LogP contribution < -0.4 is 5.73 Å². The van der Waals surface area contributed by atoms with Crippen LogP contribution in [-0.2, 0) is 4.74 Å². The fourth-order valence-electron chi connectivity index (χ4n) is 2.31. The maximum Gasteiger partial charge on any atom is 0.182 e. The molecule has 2 rings (SSSR count). The van der Waals surface area contributed by atoms with Gasteiger partial charge in [-0.15, -0.1) is 5.10 Å². The Morgan fingerprint density at radius 1 is 1.40 bits per heavy atom. The Hall–Kier alpha value is -1.95. The third-order valence-corrected chi connectivity index (χ3v) is 3.44. The van der Waals surface area contributed by atoms with E-state index in [9.17, 15) is 0 Å². The van der Waals surface area contributed by atoms with Gasteiger partial charge in [0.05, 0.1) is 12.6 Å². The quantitative estimate of drug-likeness (QED) is 0.818. The molecule has 0 saturated heterocycles. The lowest BCUT2D eigenvalue weighted by atomic mass is 10.1. The second-order valence-electron chi connectivity index (χ2n) is 4.86. The van der Waals surface area contributed by atoms with Gasteiger partial charge in [0.15, 0.2) is 5.82 Å². The molecule has 1 aromatic heterocycles. The third kappa shape index (κ3) is 2.80. The summed E-state index contributed by atoms with van der Waals surface area (Å²) in [6.07, 6.45) is 2.01. The first-order valence-electron chi connectivity index (χ1n) is 6.81. The van der Waals surface area contributed by atoms with E-state index < -0.39 is 0 Å². The first-order chi connectivity index (χ1) is 9.69. The van der Waals surface area contributed by atoms with Gasteiger partial charge in [-0.3, -0.25) is 0 Å². The molecule has 1 atom stereocenters. The number of rotatable bonds is 6. The van der Waals surface area contributed by atoms with Crippen LogP contribution in [0.3, 0.4) is 0 Å². The molecule has 1 heterocycles. The van der Waals surface area contributed by atoms with Crippen molar-refractivity contribution in [3.63, 3.8) is 0 Å². The van der Waals surface area contributed by atoms with Crippen LogP contribution in [0.15, 0.2) is 18.2 Å². The van der Waals surface area contributed by atoms with Crippen molar-refractivity contribution in [3.8, 4) is 11.4 Å². The van der Waals surface area contributed by atoms with E-state index in [1.54, 1.807) is 7.11 Å². The average Bonchev–Trinajstić information content (AvgIpc) is 2.90. The minimum atomic E-state index is 0.135. The van der Waals surface area contributed by atoms with Crippen LogP contribution in [0.4, 0.5) is 5.69 Å². The van der Waals surface area contributed by atoms with Crippen LogP contribution in [0.25, 0.3) is 11.4 Å². The Labute approximate surface area is 118 Å². The van der Waals surface area contributed by atoms with Gasteiger partial charge in [-0.05, 0) is 35.4 Å². The Morgan fingerprint density at radius 3 is 2.90 bits per heavy atom. The predicted molar refractivity (Wildman–Crippen MR) is 78.2 cm³/mol. The standard InChI is InChI=1S/C14H21N5O/c1-4-6-11(9-20-3)19-14(16-17-18-19)12-7-5-8-13(15)10(12)2/h5,7-8,11H,4,6,9,15H2,1-3H3. The summed E-state index contributed by atoms with van der Waals surface area (Å²) in [5.41, 5.74) is 8.68. The number of ether oxygens (including phenoxy) is 1. The number of tetrazole rings is 1. The third-order valence-electron chi connectivity index (χ3n) is 3.44. The van der Waals surface area contributed by atoms with E-state index in [4.69, 9.17) is 10.5 Å². The maximum atomic E-state index is 5.97. The van der Waals surface area contributed by atoms with Crippen molar-refractivity contribution in [1.29, 1.82) is 0 Å². The van der Waals surface area contributed by atoms with Gasteiger partial charge in [0, 0.05) is 18.4 Å². The van der Waals surface area contributed by atoms with Gasteiger partial charge < -0.3 is 10.5 Å². The molecule has 0 saturated carbocycles. The van der Waals surface area contributed by atoms with Gasteiger partial charge in [-0.2, -0.15) is 0 Å². The zero-order valence-electron chi connectivity index (χ0n) is 12.2. The first kappa shape index (κ1) is 14.5. The molecule has 0 aliphatic rings. The summed E-state index contributed by atoms with van der Waals surface area (Å²) < 4.78 is 7.13. The number of methoxy groups -OCH3 is 1. The minimum absolute atomic E-state index is 0.135. The molecule has 0 radical (unpaired) electrons. The highest BCUT2D eigenvalue weighted by Crippen LogP contribution is 2.27. The largest absolute Gasteiger partial charge is 0.398 e. The molecule has 6 heteroatoms. The van der Waals surface area contributed by atoms with Crippen LogP contribution >= 0.6 is 0 Å². The molecule has 20 heavy (non-hydrogen) atoms. The fourth-order valence-corrected chi connectivity index (χ4v) is 2.31. The fraction of sp³-hybridized carbons (Fsp3) is 0.500. The minimum Gasteiger partial charge on any atom is -0.398 e. The molecule has 6 nitrogen and oxygen atoms in total. The van der Waals surface area contributed by atoms with Crippen LogP contribution in [0.1, 0.15) is 31.4 Å². The Bertz CT molecular complexity index is 560. The number of nitrogens with zero attached hydrogens (tertiary/aromatic N) is 4. The maximum absolute atomic E-state index is 5.97. The Morgan fingerprint density at radius 2 is 2.20 bits per heavy atom. The summed E-state index contributed by atoms with van der Waals surface area (Å²) in [6.45, 7) is 4.71.